The number of pyridine rings is 1. The maximum absolute atomic E-state index is 13.2. The molecule has 2 N–H and O–H groups in total. The summed E-state index contributed by atoms with van der Waals surface area (Å²) in [6.07, 6.45) is 1.33. The lowest BCUT2D eigenvalue weighted by Gasteiger charge is -2.19. The molecule has 0 saturated heterocycles. The minimum atomic E-state index is -0.727. The standard InChI is InChI=1S/C21H19FN4O3.C2H6/c1-21(2,3)29-18(27)12-26-17-7-5-13(10-16(17)19(25-26)20(23)28)4-6-15-11-14(22)8-9-24-15;1-2/h5,7-11H,12H2,1-3H3,(H2,23,28);1-2H3. The zero-order valence-electron chi connectivity index (χ0n) is 18.2. The van der Waals surface area contributed by atoms with Crippen LogP contribution in [-0.4, -0.2) is 32.2 Å². The minimum absolute atomic E-state index is 0.0242. The first kappa shape index (κ1) is 23.5. The van der Waals surface area contributed by atoms with E-state index in [2.05, 4.69) is 21.9 Å². The van der Waals surface area contributed by atoms with Gasteiger partial charge in [0.2, 0.25) is 0 Å². The molecular weight excluding hydrogens is 399 g/mol. The van der Waals surface area contributed by atoms with Crippen LogP contribution in [0.15, 0.2) is 36.5 Å². The Labute approximate surface area is 180 Å². The molecule has 0 unspecified atom stereocenters. The van der Waals surface area contributed by atoms with Gasteiger partial charge in [-0.2, -0.15) is 5.10 Å². The Bertz CT molecular complexity index is 1170. The van der Waals surface area contributed by atoms with Crippen LogP contribution in [0.25, 0.3) is 10.9 Å². The summed E-state index contributed by atoms with van der Waals surface area (Å²) in [7, 11) is 0. The van der Waals surface area contributed by atoms with Crippen molar-refractivity contribution in [3.8, 4) is 11.8 Å². The second-order valence-electron chi connectivity index (χ2n) is 7.30. The predicted molar refractivity (Wildman–Crippen MR) is 116 cm³/mol. The fraction of sp³-hybridized carbons (Fsp3) is 0.304. The molecule has 2 heterocycles. The maximum atomic E-state index is 13.2. The topological polar surface area (TPSA) is 100 Å². The highest BCUT2D eigenvalue weighted by Crippen LogP contribution is 2.21. The summed E-state index contributed by atoms with van der Waals surface area (Å²) in [4.78, 5) is 27.9. The fourth-order valence-electron chi connectivity index (χ4n) is 2.66. The van der Waals surface area contributed by atoms with E-state index in [1.54, 1.807) is 39.0 Å². The number of nitrogens with zero attached hydrogens (tertiary/aromatic N) is 3. The summed E-state index contributed by atoms with van der Waals surface area (Å²) in [5, 5.41) is 4.62. The molecule has 31 heavy (non-hydrogen) atoms. The van der Waals surface area contributed by atoms with Gasteiger partial charge in [0.15, 0.2) is 5.69 Å². The molecule has 1 amide bonds. The third kappa shape index (κ3) is 6.37. The van der Waals surface area contributed by atoms with Gasteiger partial charge in [-0.15, -0.1) is 0 Å². The zero-order valence-corrected chi connectivity index (χ0v) is 18.2. The van der Waals surface area contributed by atoms with Crippen LogP contribution in [0.2, 0.25) is 0 Å². The van der Waals surface area contributed by atoms with Crippen LogP contribution in [-0.2, 0) is 16.1 Å². The number of amides is 1. The van der Waals surface area contributed by atoms with Crippen LogP contribution in [0, 0.1) is 17.7 Å². The number of carbonyl (C=O) groups excluding carboxylic acids is 2. The Balaban J connectivity index is 0.00000166. The molecule has 0 aliphatic rings. The Hall–Kier alpha value is -3.73. The van der Waals surface area contributed by atoms with Crippen molar-refractivity contribution in [2.75, 3.05) is 0 Å². The van der Waals surface area contributed by atoms with Crippen molar-refractivity contribution in [1.82, 2.24) is 14.8 Å². The van der Waals surface area contributed by atoms with E-state index in [-0.39, 0.29) is 17.9 Å². The van der Waals surface area contributed by atoms with Crippen molar-refractivity contribution >= 4 is 22.8 Å². The highest BCUT2D eigenvalue weighted by Gasteiger charge is 2.20. The third-order valence-electron chi connectivity index (χ3n) is 3.74. The van der Waals surface area contributed by atoms with Gasteiger partial charge in [-0.1, -0.05) is 19.8 Å². The van der Waals surface area contributed by atoms with E-state index in [1.807, 2.05) is 13.8 Å². The van der Waals surface area contributed by atoms with Crippen molar-refractivity contribution in [2.45, 2.75) is 46.8 Å². The summed E-state index contributed by atoms with van der Waals surface area (Å²) in [5.74, 6) is 3.98. The first-order chi connectivity index (χ1) is 14.6. The van der Waals surface area contributed by atoms with E-state index in [4.69, 9.17) is 10.5 Å². The molecule has 3 rings (SSSR count). The van der Waals surface area contributed by atoms with Crippen molar-refractivity contribution in [3.05, 3.63) is 59.3 Å². The quantitative estimate of drug-likeness (QED) is 0.513. The second kappa shape index (κ2) is 9.85. The van der Waals surface area contributed by atoms with Gasteiger partial charge >= 0.3 is 5.97 Å². The molecule has 0 aliphatic heterocycles. The van der Waals surface area contributed by atoms with Gasteiger partial charge in [0.1, 0.15) is 23.7 Å². The van der Waals surface area contributed by atoms with Crippen molar-refractivity contribution in [3.63, 3.8) is 0 Å². The van der Waals surface area contributed by atoms with Crippen LogP contribution in [0.3, 0.4) is 0 Å². The van der Waals surface area contributed by atoms with Gasteiger partial charge in [-0.05, 0) is 51.0 Å². The molecule has 0 radical (unpaired) electrons. The number of hydrogen-bond acceptors (Lipinski definition) is 5. The normalized spacial score (nSPS) is 10.5. The van der Waals surface area contributed by atoms with E-state index in [0.717, 1.165) is 0 Å². The van der Waals surface area contributed by atoms with Crippen LogP contribution >= 0.6 is 0 Å². The molecule has 8 heteroatoms. The average Bonchev–Trinajstić information content (AvgIpc) is 3.04. The largest absolute Gasteiger partial charge is 0.459 e. The fourth-order valence-corrected chi connectivity index (χ4v) is 2.66. The van der Waals surface area contributed by atoms with Crippen LogP contribution in [0.5, 0.6) is 0 Å². The number of aromatic nitrogens is 3. The van der Waals surface area contributed by atoms with E-state index >= 15 is 0 Å². The van der Waals surface area contributed by atoms with E-state index in [9.17, 15) is 14.0 Å². The number of fused-ring (bicyclic) bond motifs is 1. The summed E-state index contributed by atoms with van der Waals surface area (Å²) >= 11 is 0. The van der Waals surface area contributed by atoms with Gasteiger partial charge in [-0.25, -0.2) is 9.37 Å². The van der Waals surface area contributed by atoms with E-state index in [1.165, 1.54) is 23.0 Å². The van der Waals surface area contributed by atoms with Gasteiger partial charge in [0.05, 0.1) is 5.52 Å². The van der Waals surface area contributed by atoms with Crippen LogP contribution < -0.4 is 5.73 Å². The van der Waals surface area contributed by atoms with Crippen LogP contribution in [0.1, 0.15) is 56.4 Å². The first-order valence-corrected chi connectivity index (χ1v) is 9.78. The molecule has 0 aliphatic carbocycles. The lowest BCUT2D eigenvalue weighted by Crippen LogP contribution is -2.27. The number of rotatable bonds is 3. The molecule has 7 nitrogen and oxygen atoms in total. The Morgan fingerprint density at radius 1 is 1.16 bits per heavy atom. The lowest BCUT2D eigenvalue weighted by molar-refractivity contribution is -0.155. The smallest absolute Gasteiger partial charge is 0.328 e. The second-order valence-corrected chi connectivity index (χ2v) is 7.30. The number of halogens is 1. The molecular formula is C23H25FN4O3. The SMILES string of the molecule is CC.CC(C)(C)OC(=O)Cn1nc(C(N)=O)c2cc(C#Cc3cc(F)ccn3)ccc21. The van der Waals surface area contributed by atoms with Crippen molar-refractivity contribution < 1.29 is 18.7 Å². The summed E-state index contributed by atoms with van der Waals surface area (Å²) in [5.41, 5.74) is 6.20. The molecule has 0 atom stereocenters. The summed E-state index contributed by atoms with van der Waals surface area (Å²) < 4.78 is 19.9. The number of ether oxygens (including phenoxy) is 1. The maximum Gasteiger partial charge on any atom is 0.328 e. The Kier molecular flexibility index (Phi) is 7.48. The average molecular weight is 424 g/mol. The van der Waals surface area contributed by atoms with Gasteiger partial charge in [0, 0.05) is 23.2 Å². The van der Waals surface area contributed by atoms with Gasteiger partial charge in [0.25, 0.3) is 5.91 Å². The molecule has 2 aromatic heterocycles. The van der Waals surface area contributed by atoms with E-state index < -0.39 is 23.3 Å². The molecule has 162 valence electrons. The van der Waals surface area contributed by atoms with E-state index in [0.29, 0.717) is 16.5 Å². The number of hydrogen-bond donors (Lipinski definition) is 1. The first-order valence-electron chi connectivity index (χ1n) is 9.78. The molecule has 1 aromatic carbocycles. The molecule has 0 saturated carbocycles. The number of nitrogens with two attached hydrogens (primary N) is 1. The number of benzene rings is 1. The van der Waals surface area contributed by atoms with Gasteiger partial charge < -0.3 is 10.5 Å². The van der Waals surface area contributed by atoms with Crippen molar-refractivity contribution in [1.29, 1.82) is 0 Å². The van der Waals surface area contributed by atoms with Gasteiger partial charge in [-0.3, -0.25) is 14.3 Å². The Morgan fingerprint density at radius 3 is 2.48 bits per heavy atom. The lowest BCUT2D eigenvalue weighted by atomic mass is 10.1. The highest BCUT2D eigenvalue weighted by atomic mass is 19.1. The summed E-state index contributed by atoms with van der Waals surface area (Å²) in [6, 6.07) is 7.48. The number of carbonyl (C=O) groups is 2. The zero-order chi connectivity index (χ0) is 23.2. The van der Waals surface area contributed by atoms with Crippen LogP contribution in [0.4, 0.5) is 4.39 Å². The number of esters is 1. The van der Waals surface area contributed by atoms with Crippen molar-refractivity contribution in [2.24, 2.45) is 5.73 Å². The Morgan fingerprint density at radius 2 is 1.87 bits per heavy atom. The molecule has 0 spiro atoms. The molecule has 0 bridgehead atoms. The number of primary amides is 1. The minimum Gasteiger partial charge on any atom is -0.459 e. The monoisotopic (exact) mass is 424 g/mol. The summed E-state index contributed by atoms with van der Waals surface area (Å²) in [6.45, 7) is 9.12. The molecule has 3 aromatic rings. The molecule has 0 fully saturated rings. The predicted octanol–water partition coefficient (Wildman–Crippen LogP) is 3.44. The highest BCUT2D eigenvalue weighted by molar-refractivity contribution is 6.04. The third-order valence-corrected chi connectivity index (χ3v) is 3.74.